The van der Waals surface area contributed by atoms with Crippen LogP contribution in [-0.2, 0) is 14.4 Å². The van der Waals surface area contributed by atoms with Gasteiger partial charge < -0.3 is 24.5 Å². The third kappa shape index (κ3) is 4.87. The van der Waals surface area contributed by atoms with Gasteiger partial charge in [-0.05, 0) is 49.7 Å². The highest BCUT2D eigenvalue weighted by Crippen LogP contribution is 2.68. The topological polar surface area (TPSA) is 90.4 Å². The summed E-state index contributed by atoms with van der Waals surface area (Å²) in [6.07, 6.45) is 3.88. The molecule has 5 rings (SSSR count). The van der Waals surface area contributed by atoms with E-state index in [1.807, 2.05) is 30.3 Å². The fourth-order valence-corrected chi connectivity index (χ4v) is 10.4. The minimum Gasteiger partial charge on any atom is -0.497 e. The van der Waals surface area contributed by atoms with Crippen LogP contribution in [0.3, 0.4) is 0 Å². The van der Waals surface area contributed by atoms with E-state index in [2.05, 4.69) is 29.1 Å². The van der Waals surface area contributed by atoms with E-state index in [1.54, 1.807) is 76.9 Å². The van der Waals surface area contributed by atoms with E-state index in [1.165, 1.54) is 0 Å². The molecule has 0 aromatic heterocycles. The molecule has 3 aliphatic heterocycles. The van der Waals surface area contributed by atoms with Gasteiger partial charge in [0.05, 0.1) is 36.3 Å². The summed E-state index contributed by atoms with van der Waals surface area (Å²) in [5, 5.41) is 10.0. The van der Waals surface area contributed by atoms with Gasteiger partial charge in [0.2, 0.25) is 11.8 Å². The van der Waals surface area contributed by atoms with E-state index in [4.69, 9.17) is 4.74 Å². The molecule has 1 spiro atoms. The molecule has 0 radical (unpaired) electrons. The van der Waals surface area contributed by atoms with Crippen LogP contribution in [0.1, 0.15) is 13.3 Å². The van der Waals surface area contributed by atoms with Gasteiger partial charge in [-0.3, -0.25) is 14.4 Å². The quantitative estimate of drug-likeness (QED) is 0.288. The molecule has 1 N–H and O–H groups in total. The van der Waals surface area contributed by atoms with Crippen LogP contribution >= 0.6 is 27.7 Å². The molecule has 3 aliphatic rings. The molecular formula is C32H36BrN3O5S. The highest BCUT2D eigenvalue weighted by molar-refractivity contribution is 9.09. The number of carbonyl (C=O) groups excluding carboxylic acids is 3. The van der Waals surface area contributed by atoms with E-state index in [-0.39, 0.29) is 41.0 Å². The van der Waals surface area contributed by atoms with E-state index in [9.17, 15) is 19.5 Å². The van der Waals surface area contributed by atoms with Gasteiger partial charge in [-0.1, -0.05) is 46.3 Å². The second-order valence-electron chi connectivity index (χ2n) is 10.9. The summed E-state index contributed by atoms with van der Waals surface area (Å²) in [5.74, 6) is -1.39. The summed E-state index contributed by atoms with van der Waals surface area (Å²) < 4.78 is 4.45. The summed E-state index contributed by atoms with van der Waals surface area (Å²) in [6.45, 7) is 9.69. The van der Waals surface area contributed by atoms with Gasteiger partial charge in [-0.15, -0.1) is 24.9 Å². The molecule has 10 heteroatoms. The zero-order chi connectivity index (χ0) is 30.2. The Balaban J connectivity index is 1.59. The summed E-state index contributed by atoms with van der Waals surface area (Å²) in [5.41, 5.74) is 1.37. The van der Waals surface area contributed by atoms with Crippen LogP contribution in [0.5, 0.6) is 5.75 Å². The number of halogens is 1. The molecule has 3 heterocycles. The highest BCUT2D eigenvalue weighted by atomic mass is 79.9. The van der Waals surface area contributed by atoms with Gasteiger partial charge in [0, 0.05) is 34.5 Å². The summed E-state index contributed by atoms with van der Waals surface area (Å²) >= 11 is 5.41. The molecule has 7 atom stereocenters. The van der Waals surface area contributed by atoms with E-state index < -0.39 is 28.7 Å². The molecule has 2 aromatic carbocycles. The average Bonchev–Trinajstić information content (AvgIpc) is 3.61. The Morgan fingerprint density at radius 2 is 1.69 bits per heavy atom. The van der Waals surface area contributed by atoms with Crippen molar-refractivity contribution in [3.63, 3.8) is 0 Å². The predicted octanol–water partition coefficient (Wildman–Crippen LogP) is 4.28. The van der Waals surface area contributed by atoms with Gasteiger partial charge in [0.15, 0.2) is 0 Å². The lowest BCUT2D eigenvalue weighted by molar-refractivity contribution is -0.141. The highest BCUT2D eigenvalue weighted by Gasteiger charge is 2.76. The minimum atomic E-state index is -0.878. The number of rotatable bonds is 11. The van der Waals surface area contributed by atoms with Crippen molar-refractivity contribution in [2.45, 2.75) is 40.3 Å². The molecule has 3 saturated heterocycles. The van der Waals surface area contributed by atoms with E-state index in [0.29, 0.717) is 24.4 Å². The number of methoxy groups -OCH3 is 1. The third-order valence-corrected chi connectivity index (χ3v) is 11.8. The second kappa shape index (κ2) is 12.3. The zero-order valence-electron chi connectivity index (χ0n) is 23.8. The van der Waals surface area contributed by atoms with Crippen LogP contribution in [0, 0.1) is 11.8 Å². The third-order valence-electron chi connectivity index (χ3n) is 8.59. The van der Waals surface area contributed by atoms with Crippen molar-refractivity contribution in [3.8, 4) is 5.75 Å². The maximum absolute atomic E-state index is 14.7. The van der Waals surface area contributed by atoms with Gasteiger partial charge in [-0.2, -0.15) is 0 Å². The van der Waals surface area contributed by atoms with Crippen LogP contribution in [0.2, 0.25) is 0 Å². The smallest absolute Gasteiger partial charge is 0.251 e. The number of nitrogens with zero attached hydrogens (tertiary/aromatic N) is 3. The molecule has 2 bridgehead atoms. The van der Waals surface area contributed by atoms with Crippen molar-refractivity contribution in [1.29, 1.82) is 0 Å². The second-order valence-corrected chi connectivity index (χ2v) is 13.7. The number of hydrogen-bond acceptors (Lipinski definition) is 6. The van der Waals surface area contributed by atoms with Crippen molar-refractivity contribution >= 4 is 56.8 Å². The Bertz CT molecular complexity index is 1360. The van der Waals surface area contributed by atoms with Gasteiger partial charge in [-0.25, -0.2) is 0 Å². The fraction of sp³-hybridized carbons (Fsp3) is 0.406. The summed E-state index contributed by atoms with van der Waals surface area (Å²) in [6, 6.07) is 15.0. The number of anilines is 2. The molecule has 222 valence electrons. The van der Waals surface area contributed by atoms with Crippen molar-refractivity contribution in [2.24, 2.45) is 11.8 Å². The molecule has 3 fully saturated rings. The molecular weight excluding hydrogens is 618 g/mol. The lowest BCUT2D eigenvalue weighted by Crippen LogP contribution is -2.57. The van der Waals surface area contributed by atoms with E-state index >= 15 is 0 Å². The van der Waals surface area contributed by atoms with Crippen molar-refractivity contribution in [3.05, 3.63) is 79.9 Å². The maximum atomic E-state index is 14.7. The number of likely N-dealkylation sites (tertiary alicyclic amines) is 1. The Labute approximate surface area is 259 Å². The van der Waals surface area contributed by atoms with Gasteiger partial charge >= 0.3 is 0 Å². The number of carbonyl (C=O) groups is 3. The molecule has 3 unspecified atom stereocenters. The lowest BCUT2D eigenvalue weighted by atomic mass is 9.70. The fourth-order valence-electron chi connectivity index (χ4n) is 6.79. The molecule has 0 aliphatic carbocycles. The largest absolute Gasteiger partial charge is 0.497 e. The van der Waals surface area contributed by atoms with Crippen LogP contribution in [0.4, 0.5) is 11.4 Å². The summed E-state index contributed by atoms with van der Waals surface area (Å²) in [7, 11) is 1.58. The van der Waals surface area contributed by atoms with Gasteiger partial charge in [0.25, 0.3) is 5.91 Å². The van der Waals surface area contributed by atoms with Crippen LogP contribution < -0.4 is 14.5 Å². The Hall–Kier alpha value is -3.08. The average molecular weight is 655 g/mol. The van der Waals surface area contributed by atoms with Crippen molar-refractivity contribution < 1.29 is 24.2 Å². The van der Waals surface area contributed by atoms with Crippen molar-refractivity contribution in [1.82, 2.24) is 4.90 Å². The lowest BCUT2D eigenvalue weighted by Gasteiger charge is -2.39. The normalized spacial score (nSPS) is 28.2. The number of amides is 3. The Kier molecular flexibility index (Phi) is 8.87. The van der Waals surface area contributed by atoms with Crippen LogP contribution in [-0.4, -0.2) is 81.4 Å². The number of para-hydroxylation sites is 1. The Morgan fingerprint density at radius 3 is 2.26 bits per heavy atom. The molecule has 0 saturated carbocycles. The first-order chi connectivity index (χ1) is 20.2. The zero-order valence-corrected chi connectivity index (χ0v) is 26.2. The number of fused-ring (bicyclic) bond motifs is 1. The number of hydrogen-bond donors (Lipinski definition) is 1. The first-order valence-corrected chi connectivity index (χ1v) is 15.8. The number of aliphatic hydroxyl groups excluding tert-OH is 1. The number of aliphatic hydroxyl groups is 1. The maximum Gasteiger partial charge on any atom is 0.251 e. The first kappa shape index (κ1) is 30.4. The molecule has 42 heavy (non-hydrogen) atoms. The number of thioether (sulfide) groups is 1. The minimum absolute atomic E-state index is 0.0737. The number of ether oxygens (including phenoxy) is 1. The van der Waals surface area contributed by atoms with E-state index in [0.717, 1.165) is 5.69 Å². The monoisotopic (exact) mass is 653 g/mol. The molecule has 8 nitrogen and oxygen atoms in total. The number of benzene rings is 2. The molecule has 3 amide bonds. The van der Waals surface area contributed by atoms with Crippen LogP contribution in [0.25, 0.3) is 0 Å². The van der Waals surface area contributed by atoms with Gasteiger partial charge in [0.1, 0.15) is 11.8 Å². The standard InChI is InChI=1S/C32H36BrN3O5S/c1-5-16-34(21-10-8-7-9-11-21)29(38)25-26-30(39)36(20(3)19-37)28(32(26)18-24(33)27(25)42-32)31(40)35(17-6-2)22-12-14-23(41-4)15-13-22/h5-15,20,24-28,37H,1-2,16-19H2,3-4H3/t20-,24?,25-,26+,27-,28?,32?/m1/s1. The SMILES string of the molecule is C=CCN(C(=O)C1N([C@H](C)CO)C(=O)[C@@H]2[C@@H](C(=O)N(CC=C)c3ccccc3)[C@@H]3SC12CC3Br)c1ccc(OC)cc1. The number of alkyl halides is 1. The first-order valence-electron chi connectivity index (χ1n) is 14.0. The molecule has 2 aromatic rings. The van der Waals surface area contributed by atoms with Crippen LogP contribution in [0.15, 0.2) is 79.9 Å². The summed E-state index contributed by atoms with van der Waals surface area (Å²) in [4.78, 5) is 48.3. The predicted molar refractivity (Wildman–Crippen MR) is 170 cm³/mol. The van der Waals surface area contributed by atoms with Crippen molar-refractivity contribution in [2.75, 3.05) is 36.6 Å². The Morgan fingerprint density at radius 1 is 1.10 bits per heavy atom.